The molecule has 0 aliphatic carbocycles. The fourth-order valence-corrected chi connectivity index (χ4v) is 5.66. The summed E-state index contributed by atoms with van der Waals surface area (Å²) in [6.07, 6.45) is 0. The van der Waals surface area contributed by atoms with Gasteiger partial charge in [0.2, 0.25) is 0 Å². The lowest BCUT2D eigenvalue weighted by Crippen LogP contribution is -2.08. The lowest BCUT2D eigenvalue weighted by Gasteiger charge is -2.12. The molecule has 0 saturated heterocycles. The zero-order valence-electron chi connectivity index (χ0n) is 18.3. The molecule has 2 heterocycles. The first kappa shape index (κ1) is 21.0. The van der Waals surface area contributed by atoms with Crippen LogP contribution in [0.5, 0.6) is 0 Å². The van der Waals surface area contributed by atoms with Crippen LogP contribution >= 0.6 is 23.4 Å². The second-order valence-corrected chi connectivity index (χ2v) is 9.42. The first-order chi connectivity index (χ1) is 16.8. The number of halogens is 1. The molecular formula is C28H21ClN4S. The molecule has 0 amide bonds. The summed E-state index contributed by atoms with van der Waals surface area (Å²) in [6, 6.07) is 35.3. The standard InChI is InChI=1S/C28H21ClN4S/c29-24-15-7-4-10-20(24)19-34-28-31-30-27(33(28)21-11-2-1-3-12-21)18-32-25-16-8-5-13-22(25)23-14-6-9-17-26(23)32/h1-17H,18-19H2. The molecule has 0 atom stereocenters. The van der Waals surface area contributed by atoms with Gasteiger partial charge in [0.15, 0.2) is 11.0 Å². The number of hydrogen-bond acceptors (Lipinski definition) is 3. The average molecular weight is 481 g/mol. The van der Waals surface area contributed by atoms with Gasteiger partial charge >= 0.3 is 0 Å². The predicted octanol–water partition coefficient (Wildman–Crippen LogP) is 7.37. The number of hydrogen-bond donors (Lipinski definition) is 0. The van der Waals surface area contributed by atoms with Crippen molar-refractivity contribution < 1.29 is 0 Å². The van der Waals surface area contributed by atoms with E-state index in [4.69, 9.17) is 11.6 Å². The van der Waals surface area contributed by atoms with Gasteiger partial charge in [0.05, 0.1) is 6.54 Å². The van der Waals surface area contributed by atoms with Crippen LogP contribution in [0, 0.1) is 0 Å². The fourth-order valence-electron chi connectivity index (χ4n) is 4.41. The molecule has 6 aromatic rings. The molecule has 6 rings (SSSR count). The summed E-state index contributed by atoms with van der Waals surface area (Å²) < 4.78 is 4.49. The highest BCUT2D eigenvalue weighted by molar-refractivity contribution is 7.98. The third-order valence-electron chi connectivity index (χ3n) is 6.01. The van der Waals surface area contributed by atoms with E-state index in [1.807, 2.05) is 36.4 Å². The van der Waals surface area contributed by atoms with Gasteiger partial charge in [-0.3, -0.25) is 4.57 Å². The largest absolute Gasteiger partial charge is 0.333 e. The second kappa shape index (κ2) is 9.01. The molecule has 0 radical (unpaired) electrons. The number of para-hydroxylation sites is 3. The molecule has 0 saturated carbocycles. The molecule has 0 unspecified atom stereocenters. The molecule has 4 aromatic carbocycles. The highest BCUT2D eigenvalue weighted by Gasteiger charge is 2.18. The molecule has 166 valence electrons. The summed E-state index contributed by atoms with van der Waals surface area (Å²) >= 11 is 8.04. The monoisotopic (exact) mass is 480 g/mol. The van der Waals surface area contributed by atoms with E-state index >= 15 is 0 Å². The van der Waals surface area contributed by atoms with Crippen molar-refractivity contribution in [2.45, 2.75) is 17.5 Å². The van der Waals surface area contributed by atoms with E-state index in [0.717, 1.165) is 33.0 Å². The predicted molar refractivity (Wildman–Crippen MR) is 141 cm³/mol. The van der Waals surface area contributed by atoms with Gasteiger partial charge in [0.25, 0.3) is 0 Å². The summed E-state index contributed by atoms with van der Waals surface area (Å²) in [5.41, 5.74) is 4.51. The van der Waals surface area contributed by atoms with E-state index in [1.165, 1.54) is 21.8 Å². The van der Waals surface area contributed by atoms with Gasteiger partial charge in [0, 0.05) is 38.3 Å². The van der Waals surface area contributed by atoms with E-state index in [2.05, 4.69) is 86.1 Å². The van der Waals surface area contributed by atoms with Crippen LogP contribution in [-0.4, -0.2) is 19.3 Å². The Labute approximate surface area is 206 Å². The zero-order chi connectivity index (χ0) is 22.9. The Kier molecular flexibility index (Phi) is 5.57. The van der Waals surface area contributed by atoms with Crippen molar-refractivity contribution in [3.8, 4) is 5.69 Å². The summed E-state index contributed by atoms with van der Waals surface area (Å²) in [6.45, 7) is 0.614. The van der Waals surface area contributed by atoms with Crippen LogP contribution in [0.3, 0.4) is 0 Å². The Morgan fingerprint density at radius 2 is 1.29 bits per heavy atom. The van der Waals surface area contributed by atoms with Crippen LogP contribution in [0.25, 0.3) is 27.5 Å². The van der Waals surface area contributed by atoms with E-state index < -0.39 is 0 Å². The maximum atomic E-state index is 6.40. The quantitative estimate of drug-likeness (QED) is 0.233. The van der Waals surface area contributed by atoms with Crippen molar-refractivity contribution in [3.05, 3.63) is 120 Å². The van der Waals surface area contributed by atoms with Gasteiger partial charge in [-0.2, -0.15) is 0 Å². The molecule has 0 spiro atoms. The minimum absolute atomic E-state index is 0.614. The van der Waals surface area contributed by atoms with Gasteiger partial charge in [0.1, 0.15) is 0 Å². The first-order valence-electron chi connectivity index (χ1n) is 11.1. The Balaban J connectivity index is 1.44. The second-order valence-electron chi connectivity index (χ2n) is 8.07. The van der Waals surface area contributed by atoms with Gasteiger partial charge < -0.3 is 4.57 Å². The molecule has 6 heteroatoms. The highest BCUT2D eigenvalue weighted by Crippen LogP contribution is 2.31. The maximum Gasteiger partial charge on any atom is 0.196 e. The van der Waals surface area contributed by atoms with Crippen molar-refractivity contribution in [2.75, 3.05) is 0 Å². The Hall–Kier alpha value is -3.54. The summed E-state index contributed by atoms with van der Waals surface area (Å²) in [4.78, 5) is 0. The average Bonchev–Trinajstić information content (AvgIpc) is 3.43. The van der Waals surface area contributed by atoms with Gasteiger partial charge in [-0.05, 0) is 35.9 Å². The topological polar surface area (TPSA) is 35.6 Å². The third kappa shape index (κ3) is 3.77. The van der Waals surface area contributed by atoms with Gasteiger partial charge in [-0.1, -0.05) is 96.2 Å². The molecule has 0 N–H and O–H groups in total. The number of nitrogens with zero attached hydrogens (tertiary/aromatic N) is 4. The minimum Gasteiger partial charge on any atom is -0.333 e. The number of rotatable bonds is 6. The third-order valence-corrected chi connectivity index (χ3v) is 7.36. The van der Waals surface area contributed by atoms with Crippen molar-refractivity contribution in [3.63, 3.8) is 0 Å². The smallest absolute Gasteiger partial charge is 0.196 e. The van der Waals surface area contributed by atoms with Crippen molar-refractivity contribution >= 4 is 45.2 Å². The van der Waals surface area contributed by atoms with Crippen LogP contribution in [0.2, 0.25) is 5.02 Å². The molecule has 4 nitrogen and oxygen atoms in total. The SMILES string of the molecule is Clc1ccccc1CSc1nnc(Cn2c3ccccc3c3ccccc32)n1-c1ccccc1. The maximum absolute atomic E-state index is 6.40. The van der Waals surface area contributed by atoms with Crippen LogP contribution in [-0.2, 0) is 12.3 Å². The van der Waals surface area contributed by atoms with Gasteiger partial charge in [-0.25, -0.2) is 0 Å². The molecule has 2 aromatic heterocycles. The minimum atomic E-state index is 0.614. The van der Waals surface area contributed by atoms with E-state index in [1.54, 1.807) is 11.8 Å². The lowest BCUT2D eigenvalue weighted by molar-refractivity contribution is 0.754. The van der Waals surface area contributed by atoms with Crippen LogP contribution in [0.4, 0.5) is 0 Å². The van der Waals surface area contributed by atoms with Crippen molar-refractivity contribution in [1.29, 1.82) is 0 Å². The Morgan fingerprint density at radius 3 is 2.00 bits per heavy atom. The van der Waals surface area contributed by atoms with Gasteiger partial charge in [-0.15, -0.1) is 10.2 Å². The summed E-state index contributed by atoms with van der Waals surface area (Å²) in [7, 11) is 0. The molecule has 0 fully saturated rings. The summed E-state index contributed by atoms with van der Waals surface area (Å²) in [5, 5.41) is 13.4. The molecular weight excluding hydrogens is 460 g/mol. The zero-order valence-corrected chi connectivity index (χ0v) is 19.9. The van der Waals surface area contributed by atoms with Crippen LogP contribution < -0.4 is 0 Å². The number of fused-ring (bicyclic) bond motifs is 3. The van der Waals surface area contributed by atoms with Crippen LogP contribution in [0.15, 0.2) is 108 Å². The fraction of sp³-hybridized carbons (Fsp3) is 0.0714. The lowest BCUT2D eigenvalue weighted by atomic mass is 10.2. The van der Waals surface area contributed by atoms with Crippen LogP contribution in [0.1, 0.15) is 11.4 Å². The number of aromatic nitrogens is 4. The normalized spacial score (nSPS) is 11.4. The van der Waals surface area contributed by atoms with E-state index in [0.29, 0.717) is 6.54 Å². The summed E-state index contributed by atoms with van der Waals surface area (Å²) in [5.74, 6) is 1.61. The Morgan fingerprint density at radius 1 is 0.676 bits per heavy atom. The highest BCUT2D eigenvalue weighted by atomic mass is 35.5. The molecule has 0 aliphatic rings. The number of benzene rings is 4. The molecule has 0 bridgehead atoms. The van der Waals surface area contributed by atoms with E-state index in [9.17, 15) is 0 Å². The molecule has 34 heavy (non-hydrogen) atoms. The Bertz CT molecular complexity index is 1550. The van der Waals surface area contributed by atoms with Crippen molar-refractivity contribution in [2.24, 2.45) is 0 Å². The first-order valence-corrected chi connectivity index (χ1v) is 12.5. The van der Waals surface area contributed by atoms with E-state index in [-0.39, 0.29) is 0 Å². The number of thioether (sulfide) groups is 1. The van der Waals surface area contributed by atoms with Crippen molar-refractivity contribution in [1.82, 2.24) is 19.3 Å². The molecule has 0 aliphatic heterocycles.